The number of alkyl halides is 3. The molecule has 15 heteroatoms. The van der Waals surface area contributed by atoms with Crippen molar-refractivity contribution >= 4 is 27.5 Å². The summed E-state index contributed by atoms with van der Waals surface area (Å²) in [5, 5.41) is 26.3. The molecule has 2 aliphatic rings. The number of nitriles is 1. The summed E-state index contributed by atoms with van der Waals surface area (Å²) in [5.41, 5.74) is 2.89. The van der Waals surface area contributed by atoms with E-state index in [2.05, 4.69) is 15.2 Å². The molecule has 1 N–H and O–H groups in total. The van der Waals surface area contributed by atoms with E-state index in [9.17, 15) is 36.8 Å². The number of sulfonamides is 1. The van der Waals surface area contributed by atoms with E-state index in [1.807, 2.05) is 17.9 Å². The molecule has 0 aliphatic carbocycles. The van der Waals surface area contributed by atoms with Crippen molar-refractivity contribution in [2.75, 3.05) is 18.0 Å². The number of fused-ring (bicyclic) bond motifs is 4. The van der Waals surface area contributed by atoms with Crippen molar-refractivity contribution < 1.29 is 31.5 Å². The van der Waals surface area contributed by atoms with E-state index in [1.165, 1.54) is 28.8 Å². The third-order valence-corrected chi connectivity index (χ3v) is 10.5. The Labute approximate surface area is 256 Å². The van der Waals surface area contributed by atoms with Crippen LogP contribution in [0.4, 0.5) is 19.0 Å². The SMILES string of the molecule is Cc1ccc([C@H](CC(=O)O)c2ccn3c(C(F)(F)F)nnc3c2C)cc1CN1CC2CCCN2c2ncc(C#N)cc2S1(=O)=O. The summed E-state index contributed by atoms with van der Waals surface area (Å²) in [6.07, 6.45) is -0.899. The zero-order valence-corrected chi connectivity index (χ0v) is 25.1. The average Bonchev–Trinajstić information content (AvgIpc) is 3.63. The molecule has 1 fully saturated rings. The van der Waals surface area contributed by atoms with Crippen molar-refractivity contribution in [3.63, 3.8) is 0 Å². The molecule has 45 heavy (non-hydrogen) atoms. The standard InChI is InChI=1S/C30H28F3N7O4S/c1-17-5-6-20(24(12-26(41)42)23-7-9-40-27(18(23)2)36-37-29(40)30(31,32)33)11-21(17)15-38-16-22-4-3-8-39(22)28-25(45(38,43)44)10-19(13-34)14-35-28/h5-7,9-11,14,22,24H,3-4,8,12,15-16H2,1-2H3,(H,41,42)/t22?,24-/m0/s1. The van der Waals surface area contributed by atoms with Gasteiger partial charge >= 0.3 is 12.1 Å². The first-order valence-corrected chi connectivity index (χ1v) is 15.6. The first kappa shape index (κ1) is 30.5. The first-order valence-electron chi connectivity index (χ1n) is 14.2. The number of hydrogen-bond donors (Lipinski definition) is 1. The lowest BCUT2D eigenvalue weighted by atomic mass is 9.85. The molecule has 0 amide bonds. The lowest BCUT2D eigenvalue weighted by molar-refractivity contribution is -0.145. The van der Waals surface area contributed by atoms with Gasteiger partial charge in [-0.1, -0.05) is 18.2 Å². The smallest absolute Gasteiger partial charge is 0.452 e. The number of aromatic nitrogens is 4. The highest BCUT2D eigenvalue weighted by molar-refractivity contribution is 7.89. The van der Waals surface area contributed by atoms with Crippen molar-refractivity contribution in [3.05, 3.63) is 81.9 Å². The van der Waals surface area contributed by atoms with Crippen LogP contribution in [-0.4, -0.2) is 62.5 Å². The van der Waals surface area contributed by atoms with E-state index in [0.29, 0.717) is 34.6 Å². The highest BCUT2D eigenvalue weighted by Gasteiger charge is 2.41. The number of halogens is 3. The fourth-order valence-corrected chi connectivity index (χ4v) is 7.98. The van der Waals surface area contributed by atoms with Gasteiger partial charge in [-0.05, 0) is 66.6 Å². The van der Waals surface area contributed by atoms with Crippen LogP contribution in [0.1, 0.15) is 64.4 Å². The highest BCUT2D eigenvalue weighted by Crippen LogP contribution is 2.38. The lowest BCUT2D eigenvalue weighted by Gasteiger charge is -2.26. The monoisotopic (exact) mass is 639 g/mol. The van der Waals surface area contributed by atoms with Crippen LogP contribution in [0.25, 0.3) is 5.65 Å². The van der Waals surface area contributed by atoms with Crippen molar-refractivity contribution in [1.29, 1.82) is 5.26 Å². The van der Waals surface area contributed by atoms with Crippen molar-refractivity contribution in [2.45, 2.75) is 62.7 Å². The molecule has 2 atom stereocenters. The number of carboxylic acid groups (broad SMARTS) is 1. The summed E-state index contributed by atoms with van der Waals surface area (Å²) in [5.74, 6) is -2.74. The molecule has 0 spiro atoms. The molecule has 5 heterocycles. The minimum atomic E-state index is -4.73. The molecule has 234 valence electrons. The molecule has 4 aromatic rings. The Bertz CT molecular complexity index is 1990. The number of pyridine rings is 2. The van der Waals surface area contributed by atoms with Crippen LogP contribution < -0.4 is 4.90 Å². The second kappa shape index (κ2) is 11.1. The van der Waals surface area contributed by atoms with Gasteiger partial charge in [-0.25, -0.2) is 13.4 Å². The van der Waals surface area contributed by atoms with Gasteiger partial charge in [-0.15, -0.1) is 10.2 Å². The number of anilines is 1. The third kappa shape index (κ3) is 5.38. The minimum Gasteiger partial charge on any atom is -0.481 e. The second-order valence-corrected chi connectivity index (χ2v) is 13.3. The van der Waals surface area contributed by atoms with E-state index < -0.39 is 33.9 Å². The lowest BCUT2D eigenvalue weighted by Crippen LogP contribution is -2.39. The average molecular weight is 640 g/mol. The number of carboxylic acids is 1. The summed E-state index contributed by atoms with van der Waals surface area (Å²) in [6.45, 7) is 4.23. The maximum Gasteiger partial charge on any atom is 0.452 e. The predicted octanol–water partition coefficient (Wildman–Crippen LogP) is 4.41. The topological polar surface area (TPSA) is 145 Å². The van der Waals surface area contributed by atoms with Gasteiger partial charge in [0.05, 0.1) is 12.0 Å². The number of nitrogens with zero attached hydrogens (tertiary/aromatic N) is 7. The molecule has 1 aromatic carbocycles. The van der Waals surface area contributed by atoms with Crippen LogP contribution in [0.2, 0.25) is 0 Å². The van der Waals surface area contributed by atoms with Gasteiger partial charge in [0.15, 0.2) is 5.65 Å². The van der Waals surface area contributed by atoms with E-state index in [1.54, 1.807) is 25.1 Å². The second-order valence-electron chi connectivity index (χ2n) is 11.4. The summed E-state index contributed by atoms with van der Waals surface area (Å²) in [6, 6.07) is 9.94. The maximum atomic E-state index is 14.0. The molecule has 0 saturated carbocycles. The van der Waals surface area contributed by atoms with Gasteiger partial charge in [-0.2, -0.15) is 22.7 Å². The largest absolute Gasteiger partial charge is 0.481 e. The summed E-state index contributed by atoms with van der Waals surface area (Å²) in [4.78, 5) is 18.3. The third-order valence-electron chi connectivity index (χ3n) is 8.64. The minimum absolute atomic E-state index is 0.0144. The van der Waals surface area contributed by atoms with Crippen LogP contribution in [0.3, 0.4) is 0 Å². The Kier molecular flexibility index (Phi) is 7.52. The summed E-state index contributed by atoms with van der Waals surface area (Å²) < 4.78 is 70.7. The van der Waals surface area contributed by atoms with Crippen molar-refractivity contribution in [2.24, 2.45) is 0 Å². The number of aliphatic carboxylic acids is 1. The molecule has 11 nitrogen and oxygen atoms in total. The molecule has 6 rings (SSSR count). The van der Waals surface area contributed by atoms with Gasteiger partial charge in [-0.3, -0.25) is 9.20 Å². The number of aryl methyl sites for hydroxylation is 2. The zero-order valence-electron chi connectivity index (χ0n) is 24.3. The molecular weight excluding hydrogens is 611 g/mol. The van der Waals surface area contributed by atoms with Gasteiger partial charge in [0.2, 0.25) is 15.8 Å². The molecule has 0 bridgehead atoms. The number of benzene rings is 1. The molecule has 3 aromatic heterocycles. The van der Waals surface area contributed by atoms with E-state index >= 15 is 0 Å². The van der Waals surface area contributed by atoms with Crippen LogP contribution >= 0.6 is 0 Å². The highest BCUT2D eigenvalue weighted by atomic mass is 32.2. The fraction of sp³-hybridized carbons (Fsp3) is 0.367. The molecule has 1 unspecified atom stereocenters. The summed E-state index contributed by atoms with van der Waals surface area (Å²) >= 11 is 0. The quantitative estimate of drug-likeness (QED) is 0.324. The molecule has 1 saturated heterocycles. The predicted molar refractivity (Wildman–Crippen MR) is 155 cm³/mol. The fourth-order valence-electron chi connectivity index (χ4n) is 6.35. The van der Waals surface area contributed by atoms with E-state index in [4.69, 9.17) is 0 Å². The Morgan fingerprint density at radius 1 is 1.20 bits per heavy atom. The van der Waals surface area contributed by atoms with Crippen LogP contribution in [-0.2, 0) is 27.5 Å². The zero-order chi connectivity index (χ0) is 32.3. The normalized spacial score (nSPS) is 18.7. The van der Waals surface area contributed by atoms with Gasteiger partial charge in [0.25, 0.3) is 0 Å². The van der Waals surface area contributed by atoms with Gasteiger partial charge in [0.1, 0.15) is 16.8 Å². The number of carbonyl (C=O) groups is 1. The van der Waals surface area contributed by atoms with Crippen molar-refractivity contribution in [3.8, 4) is 6.07 Å². The van der Waals surface area contributed by atoms with E-state index in [0.717, 1.165) is 22.8 Å². The van der Waals surface area contributed by atoms with Crippen LogP contribution in [0.15, 0.2) is 47.6 Å². The summed E-state index contributed by atoms with van der Waals surface area (Å²) in [7, 11) is -4.08. The van der Waals surface area contributed by atoms with Crippen molar-refractivity contribution in [1.82, 2.24) is 23.9 Å². The molecule has 2 aliphatic heterocycles. The van der Waals surface area contributed by atoms with Crippen LogP contribution in [0.5, 0.6) is 0 Å². The molecular formula is C30H28F3N7O4S. The Morgan fingerprint density at radius 2 is 1.98 bits per heavy atom. The molecule has 0 radical (unpaired) electrons. The number of hydrogen-bond acceptors (Lipinski definition) is 8. The maximum absolute atomic E-state index is 14.0. The van der Waals surface area contributed by atoms with Gasteiger partial charge < -0.3 is 10.0 Å². The van der Waals surface area contributed by atoms with Crippen LogP contribution in [0, 0.1) is 25.2 Å². The number of rotatable bonds is 6. The Hall–Kier alpha value is -4.55. The Balaban J connectivity index is 1.41. The Morgan fingerprint density at radius 3 is 2.69 bits per heavy atom. The first-order chi connectivity index (χ1) is 21.3. The van der Waals surface area contributed by atoms with E-state index in [-0.39, 0.29) is 41.7 Å². The van der Waals surface area contributed by atoms with Gasteiger partial charge in [0, 0.05) is 44.0 Å².